The number of hydrogen-bond donors (Lipinski definition) is 1. The lowest BCUT2D eigenvalue weighted by atomic mass is 9.74. The first kappa shape index (κ1) is 11.1. The van der Waals surface area contributed by atoms with Crippen molar-refractivity contribution in [3.05, 3.63) is 0 Å². The van der Waals surface area contributed by atoms with E-state index in [1.165, 1.54) is 57.8 Å². The van der Waals surface area contributed by atoms with Gasteiger partial charge < -0.3 is 5.73 Å². The van der Waals surface area contributed by atoms with Crippen molar-refractivity contribution in [3.63, 3.8) is 0 Å². The Balaban J connectivity index is 1.58. The van der Waals surface area contributed by atoms with Gasteiger partial charge in [0.25, 0.3) is 0 Å². The van der Waals surface area contributed by atoms with E-state index in [0.717, 1.165) is 17.8 Å². The van der Waals surface area contributed by atoms with Gasteiger partial charge in [-0.25, -0.2) is 0 Å². The quantitative estimate of drug-likeness (QED) is 0.772. The molecule has 2 N–H and O–H groups in total. The van der Waals surface area contributed by atoms with Gasteiger partial charge in [-0.05, 0) is 61.7 Å². The third kappa shape index (κ3) is 1.81. The van der Waals surface area contributed by atoms with E-state index in [4.69, 9.17) is 5.73 Å². The zero-order valence-corrected chi connectivity index (χ0v) is 10.8. The maximum Gasteiger partial charge on any atom is 0.00956 e. The van der Waals surface area contributed by atoms with E-state index in [0.29, 0.717) is 11.5 Å². The normalized spacial score (nSPS) is 42.8. The van der Waals surface area contributed by atoms with Crippen molar-refractivity contribution in [3.8, 4) is 0 Å². The van der Waals surface area contributed by atoms with Crippen LogP contribution in [0.4, 0.5) is 0 Å². The Morgan fingerprint density at radius 3 is 2.50 bits per heavy atom. The molecule has 3 aliphatic rings. The molecule has 4 unspecified atom stereocenters. The molecule has 0 aromatic rings. The van der Waals surface area contributed by atoms with Crippen LogP contribution in [-0.2, 0) is 0 Å². The van der Waals surface area contributed by atoms with Crippen LogP contribution in [0.25, 0.3) is 0 Å². The van der Waals surface area contributed by atoms with Crippen molar-refractivity contribution in [2.75, 3.05) is 0 Å². The van der Waals surface area contributed by atoms with Crippen LogP contribution in [0.5, 0.6) is 0 Å². The zero-order valence-electron chi connectivity index (χ0n) is 10.8. The molecule has 0 spiro atoms. The minimum atomic E-state index is 0.486. The smallest absolute Gasteiger partial charge is 0.00956 e. The maximum atomic E-state index is 6.52. The molecule has 16 heavy (non-hydrogen) atoms. The minimum absolute atomic E-state index is 0.486. The Morgan fingerprint density at radius 2 is 1.94 bits per heavy atom. The van der Waals surface area contributed by atoms with E-state index in [-0.39, 0.29) is 0 Å². The summed E-state index contributed by atoms with van der Waals surface area (Å²) < 4.78 is 0. The maximum absolute atomic E-state index is 6.52. The molecule has 3 rings (SSSR count). The molecule has 1 nitrogen and oxygen atoms in total. The molecule has 0 aromatic carbocycles. The summed E-state index contributed by atoms with van der Waals surface area (Å²) in [5.41, 5.74) is 7.01. The molecule has 1 heteroatoms. The molecule has 0 saturated heterocycles. The number of fused-ring (bicyclic) bond motifs is 2. The Bertz CT molecular complexity index is 254. The molecule has 0 aliphatic heterocycles. The first-order chi connectivity index (χ1) is 7.67. The molecule has 0 radical (unpaired) electrons. The zero-order chi connectivity index (χ0) is 11.2. The van der Waals surface area contributed by atoms with Gasteiger partial charge in [-0.2, -0.15) is 0 Å². The highest BCUT2D eigenvalue weighted by molar-refractivity contribution is 4.96. The molecule has 2 bridgehead atoms. The average molecular weight is 221 g/mol. The SMILES string of the molecule is CC1(C(N)CC2CC3CCC2C3)CCCC1. The Hall–Kier alpha value is -0.0400. The molecule has 92 valence electrons. The molecule has 0 amide bonds. The summed E-state index contributed by atoms with van der Waals surface area (Å²) in [6, 6.07) is 0.486. The highest BCUT2D eigenvalue weighted by atomic mass is 14.7. The third-order valence-electron chi connectivity index (χ3n) is 6.08. The second-order valence-electron chi connectivity index (χ2n) is 7.14. The molecular formula is C15H27N. The highest BCUT2D eigenvalue weighted by Gasteiger charge is 2.43. The van der Waals surface area contributed by atoms with Crippen LogP contribution in [0.1, 0.15) is 64.7 Å². The lowest BCUT2D eigenvalue weighted by molar-refractivity contribution is 0.196. The summed E-state index contributed by atoms with van der Waals surface area (Å²) in [7, 11) is 0. The van der Waals surface area contributed by atoms with Crippen molar-refractivity contribution in [2.45, 2.75) is 70.8 Å². The second-order valence-corrected chi connectivity index (χ2v) is 7.14. The standard InChI is InChI=1S/C15H27N/c1-15(6-2-3-7-15)14(16)10-13-9-11-4-5-12(13)8-11/h11-14H,2-10,16H2,1H3. The largest absolute Gasteiger partial charge is 0.327 e. The van der Waals surface area contributed by atoms with Gasteiger partial charge in [0, 0.05) is 6.04 Å². The van der Waals surface area contributed by atoms with Gasteiger partial charge in [-0.3, -0.25) is 0 Å². The van der Waals surface area contributed by atoms with Crippen molar-refractivity contribution >= 4 is 0 Å². The molecule has 3 aliphatic carbocycles. The lowest BCUT2D eigenvalue weighted by Gasteiger charge is -2.35. The van der Waals surface area contributed by atoms with E-state index in [9.17, 15) is 0 Å². The van der Waals surface area contributed by atoms with Crippen LogP contribution < -0.4 is 5.73 Å². The van der Waals surface area contributed by atoms with E-state index in [1.807, 2.05) is 0 Å². The number of nitrogens with two attached hydrogens (primary N) is 1. The van der Waals surface area contributed by atoms with Crippen LogP contribution in [0, 0.1) is 23.2 Å². The fourth-order valence-electron chi connectivity index (χ4n) is 4.83. The highest BCUT2D eigenvalue weighted by Crippen LogP contribution is 2.51. The lowest BCUT2D eigenvalue weighted by Crippen LogP contribution is -2.39. The van der Waals surface area contributed by atoms with Crippen molar-refractivity contribution in [1.29, 1.82) is 0 Å². The first-order valence-electron chi connectivity index (χ1n) is 7.43. The van der Waals surface area contributed by atoms with E-state index < -0.39 is 0 Å². The van der Waals surface area contributed by atoms with Gasteiger partial charge in [0.15, 0.2) is 0 Å². The fourth-order valence-corrected chi connectivity index (χ4v) is 4.83. The summed E-state index contributed by atoms with van der Waals surface area (Å²) in [5.74, 6) is 3.13. The summed E-state index contributed by atoms with van der Waals surface area (Å²) in [6.45, 7) is 2.44. The molecule has 3 saturated carbocycles. The molecule has 3 fully saturated rings. The van der Waals surface area contributed by atoms with E-state index in [2.05, 4.69) is 6.92 Å². The van der Waals surface area contributed by atoms with Crippen LogP contribution in [0.3, 0.4) is 0 Å². The van der Waals surface area contributed by atoms with Gasteiger partial charge in [0.1, 0.15) is 0 Å². The van der Waals surface area contributed by atoms with Crippen molar-refractivity contribution in [2.24, 2.45) is 28.9 Å². The predicted molar refractivity (Wildman–Crippen MR) is 68.1 cm³/mol. The van der Waals surface area contributed by atoms with Crippen LogP contribution in [0.2, 0.25) is 0 Å². The fraction of sp³-hybridized carbons (Fsp3) is 1.00. The van der Waals surface area contributed by atoms with Crippen molar-refractivity contribution in [1.82, 2.24) is 0 Å². The minimum Gasteiger partial charge on any atom is -0.327 e. The molecule has 0 heterocycles. The van der Waals surface area contributed by atoms with Gasteiger partial charge in [0.2, 0.25) is 0 Å². The summed E-state index contributed by atoms with van der Waals surface area (Å²) in [6.07, 6.45) is 13.0. The molecule has 0 aromatic heterocycles. The Morgan fingerprint density at radius 1 is 1.19 bits per heavy atom. The Labute approximate surface area is 100 Å². The summed E-state index contributed by atoms with van der Waals surface area (Å²) >= 11 is 0. The first-order valence-corrected chi connectivity index (χ1v) is 7.43. The van der Waals surface area contributed by atoms with Gasteiger partial charge in [-0.1, -0.05) is 26.2 Å². The van der Waals surface area contributed by atoms with E-state index in [1.54, 1.807) is 0 Å². The molecule has 4 atom stereocenters. The average Bonchev–Trinajstić information content (AvgIpc) is 2.93. The number of hydrogen-bond acceptors (Lipinski definition) is 1. The summed E-state index contributed by atoms with van der Waals surface area (Å²) in [5, 5.41) is 0. The van der Waals surface area contributed by atoms with Crippen molar-refractivity contribution < 1.29 is 0 Å². The van der Waals surface area contributed by atoms with Crippen LogP contribution in [0.15, 0.2) is 0 Å². The monoisotopic (exact) mass is 221 g/mol. The van der Waals surface area contributed by atoms with Gasteiger partial charge in [0.05, 0.1) is 0 Å². The summed E-state index contributed by atoms with van der Waals surface area (Å²) in [4.78, 5) is 0. The Kier molecular flexibility index (Phi) is 2.78. The predicted octanol–water partition coefficient (Wildman–Crippen LogP) is 3.72. The second kappa shape index (κ2) is 4.01. The van der Waals surface area contributed by atoms with E-state index >= 15 is 0 Å². The molecular weight excluding hydrogens is 194 g/mol. The van der Waals surface area contributed by atoms with Crippen LogP contribution >= 0.6 is 0 Å². The van der Waals surface area contributed by atoms with Gasteiger partial charge >= 0.3 is 0 Å². The topological polar surface area (TPSA) is 26.0 Å². The van der Waals surface area contributed by atoms with Gasteiger partial charge in [-0.15, -0.1) is 0 Å². The van der Waals surface area contributed by atoms with Crippen LogP contribution in [-0.4, -0.2) is 6.04 Å². The third-order valence-corrected chi connectivity index (χ3v) is 6.08. The number of rotatable bonds is 3.